The van der Waals surface area contributed by atoms with Crippen LogP contribution in [0.15, 0.2) is 44.9 Å². The molecule has 1 aliphatic heterocycles. The molecule has 1 aromatic carbocycles. The van der Waals surface area contributed by atoms with Gasteiger partial charge in [-0.05, 0) is 14.1 Å². The number of rotatable bonds is 4. The van der Waals surface area contributed by atoms with Gasteiger partial charge in [0.15, 0.2) is 17.8 Å². The molecule has 29 heavy (non-hydrogen) atoms. The van der Waals surface area contributed by atoms with Crippen molar-refractivity contribution in [1.82, 2.24) is 4.90 Å². The van der Waals surface area contributed by atoms with Crippen molar-refractivity contribution in [2.24, 2.45) is 5.73 Å². The number of piperazine rings is 1. The summed E-state index contributed by atoms with van der Waals surface area (Å²) in [6, 6.07) is 8.50. The van der Waals surface area contributed by atoms with E-state index in [1.807, 2.05) is 0 Å². The van der Waals surface area contributed by atoms with E-state index in [4.69, 9.17) is 9.83 Å². The molecule has 1 aliphatic rings. The molecule has 3 heterocycles. The lowest BCUT2D eigenvalue weighted by molar-refractivity contribution is 0.112. The highest BCUT2D eigenvalue weighted by atomic mass is 32.1. The van der Waals surface area contributed by atoms with Gasteiger partial charge in [0.25, 0.3) is 0 Å². The highest BCUT2D eigenvalue weighted by molar-refractivity contribution is 7.17. The Kier molecular flexibility index (Phi) is 6.58. The number of carbonyl (C=O) groups is 1. The maximum absolute atomic E-state index is 12.6. The molecule has 152 valence electrons. The Morgan fingerprint density at radius 3 is 2.55 bits per heavy atom. The number of anilines is 1. The molecule has 2 aromatic heterocycles. The van der Waals surface area contributed by atoms with Crippen LogP contribution in [-0.2, 0) is 0 Å². The minimum atomic E-state index is -0.0992. The molecule has 4 rings (SSSR count). The molecule has 1 saturated heterocycles. The zero-order chi connectivity index (χ0) is 21.0. The van der Waals surface area contributed by atoms with Crippen LogP contribution in [-0.4, -0.2) is 57.2 Å². The second kappa shape index (κ2) is 9.13. The summed E-state index contributed by atoms with van der Waals surface area (Å²) < 4.78 is 6.59. The summed E-state index contributed by atoms with van der Waals surface area (Å²) in [7, 11) is 3.57. The lowest BCUT2D eigenvalue weighted by Crippen LogP contribution is -2.44. The number of hydrogen-bond acceptors (Lipinski definition) is 8. The van der Waals surface area contributed by atoms with Gasteiger partial charge >= 0.3 is 0 Å². The van der Waals surface area contributed by atoms with Crippen molar-refractivity contribution in [3.05, 3.63) is 62.6 Å². The highest BCUT2D eigenvalue weighted by Crippen LogP contribution is 2.29. The third-order valence-corrected chi connectivity index (χ3v) is 5.85. The molecule has 0 aliphatic carbocycles. The van der Waals surface area contributed by atoms with Crippen LogP contribution in [0, 0.1) is 5.41 Å². The van der Waals surface area contributed by atoms with Crippen LogP contribution in [0.5, 0.6) is 0 Å². The molecular formula is C21H24N4O3S. The zero-order valence-electron chi connectivity index (χ0n) is 16.5. The number of hydrogen-bond donors (Lipinski definition) is 2. The molecule has 1 fully saturated rings. The van der Waals surface area contributed by atoms with Crippen molar-refractivity contribution >= 4 is 39.5 Å². The maximum atomic E-state index is 12.6. The molecule has 7 nitrogen and oxygen atoms in total. The monoisotopic (exact) mass is 412 g/mol. The molecule has 3 aromatic rings. The first-order valence-electron chi connectivity index (χ1n) is 9.28. The molecule has 0 atom stereocenters. The predicted octanol–water partition coefficient (Wildman–Crippen LogP) is 2.41. The Hall–Kier alpha value is -2.81. The van der Waals surface area contributed by atoms with Gasteiger partial charge in [0.05, 0.1) is 11.3 Å². The fourth-order valence-corrected chi connectivity index (χ4v) is 4.15. The topological polar surface area (TPSA) is 104 Å². The van der Waals surface area contributed by atoms with Crippen LogP contribution >= 0.6 is 11.3 Å². The summed E-state index contributed by atoms with van der Waals surface area (Å²) in [5.41, 5.74) is 6.52. The Labute approximate surface area is 172 Å². The number of benzene rings is 1. The number of nitrogens with zero attached hydrogens (tertiary/aromatic N) is 2. The van der Waals surface area contributed by atoms with Crippen LogP contribution in [0.4, 0.5) is 5.88 Å². The first-order chi connectivity index (χ1) is 14.1. The van der Waals surface area contributed by atoms with E-state index < -0.39 is 0 Å². The molecule has 3 N–H and O–H groups in total. The van der Waals surface area contributed by atoms with Gasteiger partial charge in [0.1, 0.15) is 4.70 Å². The minimum absolute atomic E-state index is 0.0992. The highest BCUT2D eigenvalue weighted by Gasteiger charge is 2.21. The largest absolute Gasteiger partial charge is 0.439 e. The van der Waals surface area contributed by atoms with E-state index in [-0.39, 0.29) is 11.1 Å². The molecule has 0 amide bonds. The van der Waals surface area contributed by atoms with Crippen molar-refractivity contribution < 1.29 is 9.21 Å². The Bertz CT molecular complexity index is 1080. The van der Waals surface area contributed by atoms with Gasteiger partial charge in [0, 0.05) is 48.8 Å². The molecule has 0 spiro atoms. The number of carbonyl (C=O) groups excluding carboxylic acids is 1. The van der Waals surface area contributed by atoms with Gasteiger partial charge in [-0.3, -0.25) is 15.0 Å². The van der Waals surface area contributed by atoms with Gasteiger partial charge in [-0.1, -0.05) is 24.3 Å². The summed E-state index contributed by atoms with van der Waals surface area (Å²) in [5, 5.41) is 10.3. The first kappa shape index (κ1) is 20.9. The van der Waals surface area contributed by atoms with Crippen LogP contribution in [0.1, 0.15) is 21.5 Å². The van der Waals surface area contributed by atoms with Crippen LogP contribution in [0.3, 0.4) is 0 Å². The van der Waals surface area contributed by atoms with E-state index >= 15 is 0 Å². The fourth-order valence-electron chi connectivity index (χ4n) is 3.26. The van der Waals surface area contributed by atoms with Crippen molar-refractivity contribution in [3.63, 3.8) is 0 Å². The standard InChI is InChI=1S/C20H19N3O3S.CH5N/c1-22-6-8-23(9-7-22)17-10-16(25)20-19(26-17)15(12-27-20)18(21)14-5-3-2-4-13(14)11-24;1-2/h2-5,10-12,21H,6-9H2,1H3;2H2,1H3. The number of nitrogens with two attached hydrogens (primary N) is 1. The number of nitrogens with one attached hydrogen (secondary N) is 1. The third-order valence-electron chi connectivity index (χ3n) is 4.87. The van der Waals surface area contributed by atoms with Gasteiger partial charge in [-0.2, -0.15) is 0 Å². The first-order valence-corrected chi connectivity index (χ1v) is 10.2. The van der Waals surface area contributed by atoms with E-state index in [1.165, 1.54) is 24.5 Å². The molecule has 0 bridgehead atoms. The fraction of sp³-hybridized carbons (Fsp3) is 0.286. The SMILES string of the molecule is CN.CN1CCN(c2cc(=O)c3scc(C(=N)c4ccccc4C=O)c3o2)CC1. The smallest absolute Gasteiger partial charge is 0.204 e. The van der Waals surface area contributed by atoms with Crippen LogP contribution in [0.2, 0.25) is 0 Å². The normalized spacial score (nSPS) is 14.4. The van der Waals surface area contributed by atoms with E-state index in [1.54, 1.807) is 29.6 Å². The Morgan fingerprint density at radius 1 is 1.17 bits per heavy atom. The van der Waals surface area contributed by atoms with E-state index in [0.717, 1.165) is 32.5 Å². The second-order valence-corrected chi connectivity index (χ2v) is 7.51. The summed E-state index contributed by atoms with van der Waals surface area (Å²) in [6.45, 7) is 3.38. The Balaban J connectivity index is 0.00000117. The predicted molar refractivity (Wildman–Crippen MR) is 118 cm³/mol. The second-order valence-electron chi connectivity index (χ2n) is 6.63. The van der Waals surface area contributed by atoms with Gasteiger partial charge in [-0.15, -0.1) is 11.3 Å². The van der Waals surface area contributed by atoms with Crippen LogP contribution in [0.25, 0.3) is 10.3 Å². The molecule has 0 unspecified atom stereocenters. The lowest BCUT2D eigenvalue weighted by Gasteiger charge is -2.32. The quantitative estimate of drug-likeness (QED) is 0.504. The van der Waals surface area contributed by atoms with E-state index in [0.29, 0.717) is 32.9 Å². The summed E-state index contributed by atoms with van der Waals surface area (Å²) in [4.78, 5) is 28.2. The van der Waals surface area contributed by atoms with Crippen molar-refractivity contribution in [3.8, 4) is 0 Å². The molecule has 0 radical (unpaired) electrons. The average Bonchev–Trinajstić information content (AvgIpc) is 3.20. The Morgan fingerprint density at radius 2 is 1.86 bits per heavy atom. The van der Waals surface area contributed by atoms with E-state index in [9.17, 15) is 9.59 Å². The summed E-state index contributed by atoms with van der Waals surface area (Å²) in [6.07, 6.45) is 0.740. The lowest BCUT2D eigenvalue weighted by atomic mass is 9.99. The molecule has 8 heteroatoms. The number of fused-ring (bicyclic) bond motifs is 1. The van der Waals surface area contributed by atoms with Crippen molar-refractivity contribution in [2.45, 2.75) is 0 Å². The molecular weight excluding hydrogens is 388 g/mol. The minimum Gasteiger partial charge on any atom is -0.439 e. The van der Waals surface area contributed by atoms with Crippen molar-refractivity contribution in [1.29, 1.82) is 5.41 Å². The van der Waals surface area contributed by atoms with E-state index in [2.05, 4.69) is 22.6 Å². The number of thiophene rings is 1. The van der Waals surface area contributed by atoms with Gasteiger partial charge in [-0.25, -0.2) is 0 Å². The third kappa shape index (κ3) is 4.14. The number of likely N-dealkylation sites (N-methyl/N-ethyl adjacent to an activating group) is 1. The van der Waals surface area contributed by atoms with Crippen LogP contribution < -0.4 is 16.1 Å². The van der Waals surface area contributed by atoms with Crippen molar-refractivity contribution in [2.75, 3.05) is 45.2 Å². The van der Waals surface area contributed by atoms with Gasteiger partial charge in [0.2, 0.25) is 5.43 Å². The summed E-state index contributed by atoms with van der Waals surface area (Å²) >= 11 is 1.27. The van der Waals surface area contributed by atoms with Gasteiger partial charge < -0.3 is 20.0 Å². The molecule has 0 saturated carbocycles. The maximum Gasteiger partial charge on any atom is 0.204 e. The zero-order valence-corrected chi connectivity index (χ0v) is 17.3. The average molecular weight is 413 g/mol. The number of aldehydes is 1. The summed E-state index contributed by atoms with van der Waals surface area (Å²) in [5.74, 6) is 0.539.